The molecule has 29 heavy (non-hydrogen) atoms. The Morgan fingerprint density at radius 3 is 2.69 bits per heavy atom. The molecule has 1 aromatic carbocycles. The Morgan fingerprint density at radius 1 is 1.10 bits per heavy atom. The van der Waals surface area contributed by atoms with Crippen LogP contribution in [0.25, 0.3) is 11.5 Å². The molecule has 3 aromatic rings. The Bertz CT molecular complexity index is 887. The quantitative estimate of drug-likeness (QED) is 0.601. The zero-order valence-corrected chi connectivity index (χ0v) is 17.2. The summed E-state index contributed by atoms with van der Waals surface area (Å²) in [5.41, 5.74) is 2.20. The van der Waals surface area contributed by atoms with E-state index in [4.69, 9.17) is 4.42 Å². The van der Waals surface area contributed by atoms with Crippen LogP contribution < -0.4 is 5.32 Å². The highest BCUT2D eigenvalue weighted by molar-refractivity contribution is 7.09. The van der Waals surface area contributed by atoms with E-state index in [9.17, 15) is 4.79 Å². The second-order valence-electron chi connectivity index (χ2n) is 7.19. The molecule has 6 nitrogen and oxygen atoms in total. The summed E-state index contributed by atoms with van der Waals surface area (Å²) in [6.45, 7) is 4.77. The Morgan fingerprint density at radius 2 is 1.93 bits per heavy atom. The molecule has 7 heteroatoms. The molecule has 4 rings (SSSR count). The molecule has 1 fully saturated rings. The Balaban J connectivity index is 1.16. The Kier molecular flexibility index (Phi) is 6.59. The van der Waals surface area contributed by atoms with Crippen LogP contribution in [0.4, 0.5) is 4.79 Å². The number of benzene rings is 1. The maximum absolute atomic E-state index is 12.4. The molecule has 1 aliphatic rings. The van der Waals surface area contributed by atoms with E-state index in [2.05, 4.69) is 39.5 Å². The van der Waals surface area contributed by atoms with Crippen molar-refractivity contribution in [2.24, 2.45) is 0 Å². The van der Waals surface area contributed by atoms with Gasteiger partial charge >= 0.3 is 6.03 Å². The number of furan rings is 1. The van der Waals surface area contributed by atoms with Crippen LogP contribution in [0.2, 0.25) is 0 Å². The number of thiazole rings is 1. The molecule has 0 saturated carbocycles. The van der Waals surface area contributed by atoms with Crippen LogP contribution in [0.15, 0.2) is 58.5 Å². The van der Waals surface area contributed by atoms with E-state index in [0.717, 1.165) is 62.0 Å². The summed E-state index contributed by atoms with van der Waals surface area (Å²) >= 11 is 1.65. The normalized spacial score (nSPS) is 14.8. The third-order valence-corrected chi connectivity index (χ3v) is 5.94. The molecule has 0 unspecified atom stereocenters. The van der Waals surface area contributed by atoms with E-state index in [0.29, 0.717) is 6.54 Å². The number of piperazine rings is 1. The number of nitrogens with zero attached hydrogens (tertiary/aromatic N) is 3. The molecular formula is C22H26N4O2S. The number of carbonyl (C=O) groups excluding carboxylic acids is 1. The van der Waals surface area contributed by atoms with Crippen LogP contribution in [0.5, 0.6) is 0 Å². The van der Waals surface area contributed by atoms with E-state index in [1.165, 1.54) is 5.56 Å². The highest BCUT2D eigenvalue weighted by atomic mass is 32.1. The van der Waals surface area contributed by atoms with Gasteiger partial charge in [-0.3, -0.25) is 4.90 Å². The van der Waals surface area contributed by atoms with Gasteiger partial charge in [0.1, 0.15) is 10.7 Å². The van der Waals surface area contributed by atoms with Crippen molar-refractivity contribution in [2.75, 3.05) is 32.7 Å². The summed E-state index contributed by atoms with van der Waals surface area (Å²) in [6, 6.07) is 14.2. The minimum atomic E-state index is 0.0482. The van der Waals surface area contributed by atoms with Gasteiger partial charge in [0, 0.05) is 38.1 Å². The third-order valence-electron chi connectivity index (χ3n) is 5.11. The topological polar surface area (TPSA) is 61.6 Å². The van der Waals surface area contributed by atoms with Gasteiger partial charge in [0.05, 0.1) is 12.8 Å². The number of amides is 2. The van der Waals surface area contributed by atoms with E-state index in [-0.39, 0.29) is 6.03 Å². The average molecular weight is 411 g/mol. The third kappa shape index (κ3) is 5.46. The minimum absolute atomic E-state index is 0.0482. The van der Waals surface area contributed by atoms with Gasteiger partial charge < -0.3 is 14.6 Å². The number of urea groups is 1. The van der Waals surface area contributed by atoms with E-state index in [1.807, 2.05) is 28.5 Å². The average Bonchev–Trinajstić information content (AvgIpc) is 3.44. The molecule has 2 amide bonds. The molecule has 0 atom stereocenters. The van der Waals surface area contributed by atoms with Gasteiger partial charge in [0.25, 0.3) is 0 Å². The summed E-state index contributed by atoms with van der Waals surface area (Å²) in [7, 11) is 0. The zero-order valence-electron chi connectivity index (χ0n) is 16.4. The molecule has 1 aliphatic heterocycles. The monoisotopic (exact) mass is 410 g/mol. The number of nitrogens with one attached hydrogen (secondary N) is 1. The van der Waals surface area contributed by atoms with Crippen molar-refractivity contribution < 1.29 is 9.21 Å². The number of aromatic nitrogens is 1. The van der Waals surface area contributed by atoms with Crippen LogP contribution in [-0.2, 0) is 13.0 Å². The van der Waals surface area contributed by atoms with Gasteiger partial charge in [-0.1, -0.05) is 30.3 Å². The summed E-state index contributed by atoms with van der Waals surface area (Å²) in [5.74, 6) is 0.807. The molecule has 0 spiro atoms. The molecule has 0 bridgehead atoms. The number of hydrogen-bond acceptors (Lipinski definition) is 5. The second-order valence-corrected chi connectivity index (χ2v) is 8.13. The molecule has 2 aromatic heterocycles. The molecule has 152 valence electrons. The Labute approximate surface area is 175 Å². The first-order valence-corrected chi connectivity index (χ1v) is 10.9. The van der Waals surface area contributed by atoms with E-state index < -0.39 is 0 Å². The van der Waals surface area contributed by atoms with Crippen molar-refractivity contribution in [1.29, 1.82) is 0 Å². The lowest BCUT2D eigenvalue weighted by Crippen LogP contribution is -2.51. The van der Waals surface area contributed by atoms with Gasteiger partial charge in [0.15, 0.2) is 5.76 Å². The maximum atomic E-state index is 12.4. The van der Waals surface area contributed by atoms with Crippen molar-refractivity contribution in [3.8, 4) is 11.5 Å². The largest absolute Gasteiger partial charge is 0.463 e. The summed E-state index contributed by atoms with van der Waals surface area (Å²) in [4.78, 5) is 21.3. The lowest BCUT2D eigenvalue weighted by atomic mass is 10.1. The van der Waals surface area contributed by atoms with Crippen molar-refractivity contribution >= 4 is 17.4 Å². The molecule has 1 saturated heterocycles. The van der Waals surface area contributed by atoms with Crippen molar-refractivity contribution in [3.05, 3.63) is 64.7 Å². The van der Waals surface area contributed by atoms with Crippen LogP contribution in [0.3, 0.4) is 0 Å². The summed E-state index contributed by atoms with van der Waals surface area (Å²) < 4.78 is 5.41. The van der Waals surface area contributed by atoms with E-state index in [1.54, 1.807) is 17.6 Å². The van der Waals surface area contributed by atoms with Crippen molar-refractivity contribution in [2.45, 2.75) is 19.4 Å². The van der Waals surface area contributed by atoms with Gasteiger partial charge in [-0.15, -0.1) is 11.3 Å². The molecule has 0 aliphatic carbocycles. The predicted octanol–water partition coefficient (Wildman–Crippen LogP) is 3.86. The second kappa shape index (κ2) is 9.71. The predicted molar refractivity (Wildman–Crippen MR) is 115 cm³/mol. The van der Waals surface area contributed by atoms with E-state index >= 15 is 0 Å². The van der Waals surface area contributed by atoms with Gasteiger partial charge in [-0.05, 0) is 30.5 Å². The number of carbonyl (C=O) groups is 1. The first kappa shape index (κ1) is 19.7. The number of aryl methyl sites for hydroxylation is 1. The SMILES string of the molecule is O=C(NCCCc1ccccc1)N1CCN(Cc2nc(-c3ccco3)cs2)CC1. The molecule has 1 N–H and O–H groups in total. The van der Waals surface area contributed by atoms with Crippen molar-refractivity contribution in [3.63, 3.8) is 0 Å². The summed E-state index contributed by atoms with van der Waals surface area (Å²) in [6.07, 6.45) is 3.61. The van der Waals surface area contributed by atoms with Gasteiger partial charge in [0.2, 0.25) is 0 Å². The van der Waals surface area contributed by atoms with Crippen LogP contribution >= 0.6 is 11.3 Å². The lowest BCUT2D eigenvalue weighted by Gasteiger charge is -2.34. The summed E-state index contributed by atoms with van der Waals surface area (Å²) in [5, 5.41) is 6.17. The highest BCUT2D eigenvalue weighted by Gasteiger charge is 2.21. The molecular weight excluding hydrogens is 384 g/mol. The molecule has 0 radical (unpaired) electrons. The van der Waals surface area contributed by atoms with Gasteiger partial charge in [-0.2, -0.15) is 0 Å². The standard InChI is InChI=1S/C22H26N4O2S/c27-22(23-10-4-8-18-6-2-1-3-7-18)26-13-11-25(12-14-26)16-21-24-19(17-29-21)20-9-5-15-28-20/h1-3,5-7,9,15,17H,4,8,10-14,16H2,(H,23,27). The van der Waals surface area contributed by atoms with Crippen LogP contribution in [0.1, 0.15) is 17.0 Å². The number of rotatable bonds is 7. The first-order chi connectivity index (χ1) is 14.3. The Hall–Kier alpha value is -2.64. The fourth-order valence-corrected chi connectivity index (χ4v) is 4.29. The highest BCUT2D eigenvalue weighted by Crippen LogP contribution is 2.23. The minimum Gasteiger partial charge on any atom is -0.463 e. The van der Waals surface area contributed by atoms with Crippen LogP contribution in [0, 0.1) is 0 Å². The fourth-order valence-electron chi connectivity index (χ4n) is 3.47. The van der Waals surface area contributed by atoms with Gasteiger partial charge in [-0.25, -0.2) is 9.78 Å². The fraction of sp³-hybridized carbons (Fsp3) is 0.364. The maximum Gasteiger partial charge on any atom is 0.317 e. The smallest absolute Gasteiger partial charge is 0.317 e. The van der Waals surface area contributed by atoms with Crippen LogP contribution in [-0.4, -0.2) is 53.5 Å². The lowest BCUT2D eigenvalue weighted by molar-refractivity contribution is 0.135. The molecule has 3 heterocycles. The zero-order chi connectivity index (χ0) is 19.9. The van der Waals surface area contributed by atoms with Crippen molar-refractivity contribution in [1.82, 2.24) is 20.1 Å². The first-order valence-electron chi connectivity index (χ1n) is 10.1. The number of hydrogen-bond donors (Lipinski definition) is 1.